The quantitative estimate of drug-likeness (QED) is 0.577. The van der Waals surface area contributed by atoms with Crippen molar-refractivity contribution in [3.63, 3.8) is 0 Å². The van der Waals surface area contributed by atoms with Crippen molar-refractivity contribution in [1.82, 2.24) is 4.90 Å². The van der Waals surface area contributed by atoms with Gasteiger partial charge in [-0.3, -0.25) is 0 Å². The fourth-order valence-corrected chi connectivity index (χ4v) is 3.37. The Kier molecular flexibility index (Phi) is 6.47. The van der Waals surface area contributed by atoms with Gasteiger partial charge in [0.2, 0.25) is 0 Å². The molecule has 1 fully saturated rings. The average molecular weight is 438 g/mol. The van der Waals surface area contributed by atoms with Gasteiger partial charge in [0.1, 0.15) is 11.4 Å². The van der Waals surface area contributed by atoms with E-state index in [0.717, 1.165) is 25.7 Å². The maximum Gasteiger partial charge on any atom is 0.573 e. The minimum absolute atomic E-state index is 0.00949. The largest absolute Gasteiger partial charge is 0.573 e. The van der Waals surface area contributed by atoms with E-state index in [1.54, 1.807) is 20.8 Å². The predicted molar refractivity (Wildman–Crippen MR) is 94.9 cm³/mol. The molecule has 0 aliphatic heterocycles. The highest BCUT2D eigenvalue weighted by molar-refractivity contribution is 9.10. The molecule has 1 aromatic rings. The number of halogens is 4. The van der Waals surface area contributed by atoms with Crippen LogP contribution in [0.4, 0.5) is 18.0 Å². The number of amides is 1. The lowest BCUT2D eigenvalue weighted by molar-refractivity contribution is -0.275. The Labute approximate surface area is 159 Å². The first-order valence-electron chi connectivity index (χ1n) is 8.48. The highest BCUT2D eigenvalue weighted by atomic mass is 79.9. The average Bonchev–Trinajstić information content (AvgIpc) is 2.98. The zero-order valence-corrected chi connectivity index (χ0v) is 16.6. The van der Waals surface area contributed by atoms with Crippen LogP contribution in [0.25, 0.3) is 0 Å². The Morgan fingerprint density at radius 2 is 1.85 bits per heavy atom. The van der Waals surface area contributed by atoms with Crippen molar-refractivity contribution >= 4 is 22.0 Å². The van der Waals surface area contributed by atoms with Gasteiger partial charge in [0.15, 0.2) is 0 Å². The van der Waals surface area contributed by atoms with Crippen molar-refractivity contribution in [2.24, 2.45) is 0 Å². The standard InChI is InChI=1S/C18H23BrF3NO3/c1-17(2,3)26-16(24)23(14-6-4-5-7-14)11-12-10-13(19)8-9-15(12)25-18(20,21)22/h8-10,14H,4-7,11H2,1-3H3. The number of carbonyl (C=O) groups excluding carboxylic acids is 1. The molecule has 0 bridgehead atoms. The summed E-state index contributed by atoms with van der Waals surface area (Å²) in [5.74, 6) is -0.313. The zero-order chi connectivity index (χ0) is 19.5. The second-order valence-corrected chi connectivity index (χ2v) is 8.26. The van der Waals surface area contributed by atoms with Gasteiger partial charge in [-0.25, -0.2) is 4.79 Å². The molecule has 146 valence electrons. The first-order chi connectivity index (χ1) is 11.9. The molecule has 26 heavy (non-hydrogen) atoms. The van der Waals surface area contributed by atoms with Crippen LogP contribution in [0.2, 0.25) is 0 Å². The van der Waals surface area contributed by atoms with Crippen molar-refractivity contribution in [3.05, 3.63) is 28.2 Å². The van der Waals surface area contributed by atoms with Gasteiger partial charge in [0.05, 0.1) is 6.54 Å². The van der Waals surface area contributed by atoms with E-state index < -0.39 is 18.1 Å². The number of nitrogens with zero attached hydrogens (tertiary/aromatic N) is 1. The summed E-state index contributed by atoms with van der Waals surface area (Å²) in [4.78, 5) is 14.2. The van der Waals surface area contributed by atoms with Gasteiger partial charge in [-0.2, -0.15) is 0 Å². The summed E-state index contributed by atoms with van der Waals surface area (Å²) < 4.78 is 48.3. The Morgan fingerprint density at radius 1 is 1.23 bits per heavy atom. The molecule has 1 aromatic carbocycles. The molecule has 0 radical (unpaired) electrons. The topological polar surface area (TPSA) is 38.8 Å². The summed E-state index contributed by atoms with van der Waals surface area (Å²) >= 11 is 3.26. The number of ether oxygens (including phenoxy) is 2. The summed E-state index contributed by atoms with van der Waals surface area (Å²) in [6, 6.07) is 4.20. The van der Waals surface area contributed by atoms with Crippen LogP contribution < -0.4 is 4.74 Å². The zero-order valence-electron chi connectivity index (χ0n) is 15.0. The van der Waals surface area contributed by atoms with Gasteiger partial charge in [0.25, 0.3) is 0 Å². The van der Waals surface area contributed by atoms with Gasteiger partial charge in [-0.15, -0.1) is 13.2 Å². The molecule has 1 aliphatic rings. The summed E-state index contributed by atoms with van der Waals surface area (Å²) in [5, 5.41) is 0. The fraction of sp³-hybridized carbons (Fsp3) is 0.611. The third kappa shape index (κ3) is 6.37. The molecule has 1 amide bonds. The number of alkyl halides is 3. The molecule has 0 atom stereocenters. The van der Waals surface area contributed by atoms with Crippen LogP contribution in [0.5, 0.6) is 5.75 Å². The number of benzene rings is 1. The monoisotopic (exact) mass is 437 g/mol. The molecule has 0 unspecified atom stereocenters. The van der Waals surface area contributed by atoms with Gasteiger partial charge in [-0.05, 0) is 51.8 Å². The third-order valence-corrected chi connectivity index (χ3v) is 4.48. The molecular formula is C18H23BrF3NO3. The number of hydrogen-bond donors (Lipinski definition) is 0. The molecule has 8 heteroatoms. The maximum atomic E-state index is 12.7. The van der Waals surface area contributed by atoms with E-state index in [1.807, 2.05) is 0 Å². The van der Waals surface area contributed by atoms with E-state index >= 15 is 0 Å². The van der Waals surface area contributed by atoms with Crippen LogP contribution in [0.15, 0.2) is 22.7 Å². The number of rotatable bonds is 4. The first kappa shape index (κ1) is 20.9. The van der Waals surface area contributed by atoms with Crippen LogP contribution in [0.3, 0.4) is 0 Å². The van der Waals surface area contributed by atoms with E-state index in [4.69, 9.17) is 4.74 Å². The number of carbonyl (C=O) groups is 1. The molecule has 4 nitrogen and oxygen atoms in total. The van der Waals surface area contributed by atoms with Gasteiger partial charge in [-0.1, -0.05) is 28.8 Å². The van der Waals surface area contributed by atoms with E-state index in [0.29, 0.717) is 4.47 Å². The van der Waals surface area contributed by atoms with Crippen LogP contribution in [0.1, 0.15) is 52.0 Å². The molecule has 2 rings (SSSR count). The minimum Gasteiger partial charge on any atom is -0.444 e. The van der Waals surface area contributed by atoms with E-state index in [2.05, 4.69) is 20.7 Å². The highest BCUT2D eigenvalue weighted by Gasteiger charge is 2.34. The SMILES string of the molecule is CC(C)(C)OC(=O)N(Cc1cc(Br)ccc1OC(F)(F)F)C1CCCC1. The second kappa shape index (κ2) is 8.06. The molecule has 1 saturated carbocycles. The Hall–Kier alpha value is -1.44. The van der Waals surface area contributed by atoms with Gasteiger partial charge in [0, 0.05) is 16.1 Å². The minimum atomic E-state index is -4.80. The number of hydrogen-bond acceptors (Lipinski definition) is 3. The molecule has 1 aliphatic carbocycles. The summed E-state index contributed by atoms with van der Waals surface area (Å²) in [6.07, 6.45) is -1.75. The molecule has 0 heterocycles. The normalized spacial score (nSPS) is 15.8. The maximum absolute atomic E-state index is 12.7. The summed E-state index contributed by atoms with van der Waals surface area (Å²) in [5.41, 5.74) is -0.411. The van der Waals surface area contributed by atoms with Crippen molar-refractivity contribution in [2.75, 3.05) is 0 Å². The van der Waals surface area contributed by atoms with Crippen molar-refractivity contribution in [3.8, 4) is 5.75 Å². The van der Waals surface area contributed by atoms with Gasteiger partial charge < -0.3 is 14.4 Å². The van der Waals surface area contributed by atoms with Crippen molar-refractivity contribution in [2.45, 2.75) is 71.0 Å². The molecule has 0 saturated heterocycles. The fourth-order valence-electron chi connectivity index (χ4n) is 2.96. The third-order valence-electron chi connectivity index (χ3n) is 3.98. The molecule has 0 spiro atoms. The Balaban J connectivity index is 2.29. The smallest absolute Gasteiger partial charge is 0.444 e. The van der Waals surface area contributed by atoms with Crippen LogP contribution in [-0.2, 0) is 11.3 Å². The summed E-state index contributed by atoms with van der Waals surface area (Å²) in [6.45, 7) is 5.27. The van der Waals surface area contributed by atoms with Crippen LogP contribution >= 0.6 is 15.9 Å². The molecule has 0 N–H and O–H groups in total. The Bertz CT molecular complexity index is 638. The lowest BCUT2D eigenvalue weighted by Gasteiger charge is -2.32. The second-order valence-electron chi connectivity index (χ2n) is 7.35. The van der Waals surface area contributed by atoms with Crippen molar-refractivity contribution in [1.29, 1.82) is 0 Å². The lowest BCUT2D eigenvalue weighted by atomic mass is 10.1. The van der Waals surface area contributed by atoms with Crippen molar-refractivity contribution < 1.29 is 27.4 Å². The van der Waals surface area contributed by atoms with E-state index in [-0.39, 0.29) is 23.9 Å². The molecule has 0 aromatic heterocycles. The van der Waals surface area contributed by atoms with Gasteiger partial charge >= 0.3 is 12.5 Å². The first-order valence-corrected chi connectivity index (χ1v) is 9.28. The van der Waals surface area contributed by atoms with E-state index in [1.165, 1.54) is 23.1 Å². The predicted octanol–water partition coefficient (Wildman–Crippen LogP) is 6.03. The Morgan fingerprint density at radius 3 is 2.38 bits per heavy atom. The molecular weight excluding hydrogens is 415 g/mol. The lowest BCUT2D eigenvalue weighted by Crippen LogP contribution is -2.42. The van der Waals surface area contributed by atoms with E-state index in [9.17, 15) is 18.0 Å². The van der Waals surface area contributed by atoms with Crippen LogP contribution in [0, 0.1) is 0 Å². The summed E-state index contributed by atoms with van der Waals surface area (Å²) in [7, 11) is 0. The van der Waals surface area contributed by atoms with Crippen LogP contribution in [-0.4, -0.2) is 29.0 Å². The highest BCUT2D eigenvalue weighted by Crippen LogP contribution is 2.33.